The van der Waals surface area contributed by atoms with Crippen molar-refractivity contribution in [1.82, 2.24) is 5.32 Å². The molecule has 1 unspecified atom stereocenters. The van der Waals surface area contributed by atoms with Crippen molar-refractivity contribution >= 4 is 21.5 Å². The van der Waals surface area contributed by atoms with Crippen LogP contribution in [0.15, 0.2) is 71.1 Å². The van der Waals surface area contributed by atoms with Crippen molar-refractivity contribution in [2.75, 3.05) is 12.4 Å². The molecule has 0 spiro atoms. The second kappa shape index (κ2) is 7.56. The van der Waals surface area contributed by atoms with Gasteiger partial charge in [0, 0.05) is 5.69 Å². The summed E-state index contributed by atoms with van der Waals surface area (Å²) in [5.74, 6) is -0.392. The maximum Gasteiger partial charge on any atom is 0.322 e. The number of fused-ring (bicyclic) bond motifs is 3. The number of esters is 1. The molecule has 7 heteroatoms. The number of anilines is 1. The summed E-state index contributed by atoms with van der Waals surface area (Å²) in [6, 6.07) is 15.6. The second-order valence-corrected chi connectivity index (χ2v) is 10.2. The first-order valence-electron chi connectivity index (χ1n) is 9.94. The average Bonchev–Trinajstić information content (AvgIpc) is 3.25. The van der Waals surface area contributed by atoms with Gasteiger partial charge in [0.1, 0.15) is 6.04 Å². The van der Waals surface area contributed by atoms with Crippen molar-refractivity contribution in [1.29, 1.82) is 0 Å². The van der Waals surface area contributed by atoms with Crippen LogP contribution in [0.5, 0.6) is 0 Å². The van der Waals surface area contributed by atoms with Crippen molar-refractivity contribution in [2.24, 2.45) is 0 Å². The van der Waals surface area contributed by atoms with Gasteiger partial charge in [-0.15, -0.1) is 0 Å². The zero-order valence-electron chi connectivity index (χ0n) is 17.3. The Bertz CT molecular complexity index is 1090. The van der Waals surface area contributed by atoms with Crippen LogP contribution < -0.4 is 10.6 Å². The SMILES string of the molecule is COC(=O)[C@H]1C[C@]2(C(C=C(C)C)S(=O)(=O)c3ccccc3)c3ccccc3N[C@H]2N1. The number of rotatable bonds is 5. The number of hydrogen-bond acceptors (Lipinski definition) is 6. The largest absolute Gasteiger partial charge is 0.468 e. The number of hydrogen-bond donors (Lipinski definition) is 2. The normalized spacial score (nSPS) is 25.6. The maximum atomic E-state index is 13.9. The molecule has 2 heterocycles. The van der Waals surface area contributed by atoms with E-state index in [1.165, 1.54) is 7.11 Å². The standard InChI is InChI=1S/C23H26N2O4S/c1-15(2)13-20(30(27,28)16-9-5-4-6-10-16)23-14-19(21(26)29-3)25-22(23)24-18-12-8-7-11-17(18)23/h4-13,19-20,22,24-25H,14H2,1-3H3/t19-,20?,22+,23-/m1/s1. The molecule has 4 atom stereocenters. The van der Waals surface area contributed by atoms with Gasteiger partial charge in [0.2, 0.25) is 0 Å². The number of allylic oxidation sites excluding steroid dienone is 1. The molecule has 0 aromatic heterocycles. The lowest BCUT2D eigenvalue weighted by Gasteiger charge is -2.36. The Labute approximate surface area is 177 Å². The van der Waals surface area contributed by atoms with Gasteiger partial charge < -0.3 is 10.1 Å². The van der Waals surface area contributed by atoms with Crippen molar-refractivity contribution in [3.05, 3.63) is 71.8 Å². The Balaban J connectivity index is 1.95. The lowest BCUT2D eigenvalue weighted by Crippen LogP contribution is -2.51. The fraction of sp³-hybridized carbons (Fsp3) is 0.348. The van der Waals surface area contributed by atoms with Gasteiger partial charge in [-0.1, -0.05) is 48.0 Å². The van der Waals surface area contributed by atoms with Crippen LogP contribution in [0.2, 0.25) is 0 Å². The molecular formula is C23H26N2O4S. The lowest BCUT2D eigenvalue weighted by atomic mass is 9.74. The van der Waals surface area contributed by atoms with Crippen LogP contribution in [0.3, 0.4) is 0 Å². The monoisotopic (exact) mass is 426 g/mol. The summed E-state index contributed by atoms with van der Waals surface area (Å²) in [5, 5.41) is 5.84. The van der Waals surface area contributed by atoms with E-state index in [2.05, 4.69) is 10.6 Å². The Morgan fingerprint density at radius 3 is 2.47 bits per heavy atom. The van der Waals surface area contributed by atoms with Crippen LogP contribution in [0.25, 0.3) is 0 Å². The van der Waals surface area contributed by atoms with Gasteiger partial charge >= 0.3 is 5.97 Å². The molecule has 1 fully saturated rings. The molecule has 0 aliphatic carbocycles. The molecule has 2 aromatic carbocycles. The molecule has 0 bridgehead atoms. The smallest absolute Gasteiger partial charge is 0.322 e. The molecule has 2 aliphatic rings. The summed E-state index contributed by atoms with van der Waals surface area (Å²) >= 11 is 0. The number of sulfone groups is 1. The maximum absolute atomic E-state index is 13.9. The van der Waals surface area contributed by atoms with E-state index in [0.29, 0.717) is 6.42 Å². The molecule has 2 aliphatic heterocycles. The predicted molar refractivity (Wildman–Crippen MR) is 116 cm³/mol. The molecule has 4 rings (SSSR count). The number of carbonyl (C=O) groups is 1. The second-order valence-electron chi connectivity index (χ2n) is 8.13. The van der Waals surface area contributed by atoms with Crippen LogP contribution in [0, 0.1) is 0 Å². The summed E-state index contributed by atoms with van der Waals surface area (Å²) in [5.41, 5.74) is 1.82. The Morgan fingerprint density at radius 2 is 1.80 bits per heavy atom. The highest BCUT2D eigenvalue weighted by molar-refractivity contribution is 7.92. The predicted octanol–water partition coefficient (Wildman–Crippen LogP) is 3.02. The Morgan fingerprint density at radius 1 is 1.13 bits per heavy atom. The van der Waals surface area contributed by atoms with Crippen LogP contribution in [-0.4, -0.2) is 39.0 Å². The number of nitrogens with one attached hydrogen (secondary N) is 2. The molecule has 6 nitrogen and oxygen atoms in total. The zero-order valence-corrected chi connectivity index (χ0v) is 18.1. The summed E-state index contributed by atoms with van der Waals surface area (Å²) in [7, 11) is -2.40. The van der Waals surface area contributed by atoms with E-state index in [9.17, 15) is 13.2 Å². The Kier molecular flexibility index (Phi) is 5.20. The first-order valence-corrected chi connectivity index (χ1v) is 11.5. The van der Waals surface area contributed by atoms with E-state index in [0.717, 1.165) is 16.8 Å². The quantitative estimate of drug-likeness (QED) is 0.565. The van der Waals surface area contributed by atoms with Gasteiger partial charge in [-0.2, -0.15) is 0 Å². The zero-order chi connectivity index (χ0) is 21.5. The third kappa shape index (κ3) is 3.13. The molecule has 0 amide bonds. The summed E-state index contributed by atoms with van der Waals surface area (Å²) < 4.78 is 32.8. The molecule has 2 aromatic rings. The number of carbonyl (C=O) groups excluding carboxylic acids is 1. The van der Waals surface area contributed by atoms with Gasteiger partial charge in [0.05, 0.1) is 28.8 Å². The minimum atomic E-state index is -3.75. The van der Waals surface area contributed by atoms with Crippen LogP contribution >= 0.6 is 0 Å². The van der Waals surface area contributed by atoms with Gasteiger partial charge in [-0.3, -0.25) is 10.1 Å². The van der Waals surface area contributed by atoms with Crippen LogP contribution in [0.4, 0.5) is 5.69 Å². The molecule has 0 radical (unpaired) electrons. The summed E-state index contributed by atoms with van der Waals surface area (Å²) in [4.78, 5) is 12.7. The van der Waals surface area contributed by atoms with Gasteiger partial charge in [-0.25, -0.2) is 8.42 Å². The number of benzene rings is 2. The molecule has 1 saturated heterocycles. The van der Waals surface area contributed by atoms with E-state index in [1.54, 1.807) is 30.3 Å². The highest BCUT2D eigenvalue weighted by Gasteiger charge is 2.61. The third-order valence-corrected chi connectivity index (χ3v) is 8.19. The van der Waals surface area contributed by atoms with E-state index >= 15 is 0 Å². The molecular weight excluding hydrogens is 400 g/mol. The highest BCUT2D eigenvalue weighted by atomic mass is 32.2. The number of methoxy groups -OCH3 is 1. The molecule has 30 heavy (non-hydrogen) atoms. The lowest BCUT2D eigenvalue weighted by molar-refractivity contribution is -0.142. The Hall–Kier alpha value is -2.64. The highest BCUT2D eigenvalue weighted by Crippen LogP contribution is 2.52. The number of para-hydroxylation sites is 1. The van der Waals surface area contributed by atoms with E-state index in [4.69, 9.17) is 4.74 Å². The van der Waals surface area contributed by atoms with Crippen molar-refractivity contribution < 1.29 is 17.9 Å². The first kappa shape index (κ1) is 20.6. The fourth-order valence-electron chi connectivity index (χ4n) is 4.77. The minimum Gasteiger partial charge on any atom is -0.468 e. The minimum absolute atomic E-state index is 0.270. The molecule has 158 valence electrons. The van der Waals surface area contributed by atoms with Gasteiger partial charge in [0.15, 0.2) is 9.84 Å². The molecule has 2 N–H and O–H groups in total. The summed E-state index contributed by atoms with van der Waals surface area (Å²) in [6.07, 6.45) is 1.72. The van der Waals surface area contributed by atoms with Gasteiger partial charge in [-0.05, 0) is 44.0 Å². The van der Waals surface area contributed by atoms with E-state index in [-0.39, 0.29) is 4.90 Å². The van der Waals surface area contributed by atoms with Gasteiger partial charge in [0.25, 0.3) is 0 Å². The van der Waals surface area contributed by atoms with Crippen molar-refractivity contribution in [2.45, 2.75) is 48.0 Å². The van der Waals surface area contributed by atoms with Crippen LogP contribution in [0.1, 0.15) is 25.8 Å². The topological polar surface area (TPSA) is 84.5 Å². The third-order valence-electron chi connectivity index (χ3n) is 6.04. The number of ether oxygens (including phenoxy) is 1. The van der Waals surface area contributed by atoms with E-state index < -0.39 is 38.7 Å². The van der Waals surface area contributed by atoms with Crippen LogP contribution in [-0.2, 0) is 24.8 Å². The molecule has 0 saturated carbocycles. The summed E-state index contributed by atoms with van der Waals surface area (Å²) in [6.45, 7) is 3.79. The first-order chi connectivity index (χ1) is 14.3. The van der Waals surface area contributed by atoms with Crippen molar-refractivity contribution in [3.63, 3.8) is 0 Å². The van der Waals surface area contributed by atoms with Crippen molar-refractivity contribution in [3.8, 4) is 0 Å². The van der Waals surface area contributed by atoms with E-state index in [1.807, 2.05) is 44.2 Å². The fourth-order valence-corrected chi connectivity index (χ4v) is 6.97. The average molecular weight is 427 g/mol.